The molecular weight excluding hydrogens is 226 g/mol. The highest BCUT2D eigenvalue weighted by Gasteiger charge is 2.18. The first-order valence-electron chi connectivity index (χ1n) is 6.46. The molecule has 0 bridgehead atoms. The Balaban J connectivity index is 2.05. The fourth-order valence-corrected chi connectivity index (χ4v) is 2.21. The topological polar surface area (TPSA) is 35.6 Å². The minimum absolute atomic E-state index is 0.146. The van der Waals surface area contributed by atoms with Gasteiger partial charge in [-0.1, -0.05) is 0 Å². The molecule has 2 rings (SSSR count). The Labute approximate surface area is 109 Å². The summed E-state index contributed by atoms with van der Waals surface area (Å²) in [6.07, 6.45) is 1.05. The average Bonchev–Trinajstić information content (AvgIpc) is 2.63. The van der Waals surface area contributed by atoms with Gasteiger partial charge in [-0.2, -0.15) is 0 Å². The van der Waals surface area contributed by atoms with Crippen LogP contribution >= 0.6 is 0 Å². The summed E-state index contributed by atoms with van der Waals surface area (Å²) in [5.74, 6) is 0.146. The third-order valence-electron chi connectivity index (χ3n) is 3.43. The van der Waals surface area contributed by atoms with E-state index in [9.17, 15) is 4.79 Å². The van der Waals surface area contributed by atoms with Gasteiger partial charge in [0.25, 0.3) is 5.91 Å². The van der Waals surface area contributed by atoms with Crippen molar-refractivity contribution in [2.75, 3.05) is 45.6 Å². The second kappa shape index (κ2) is 5.87. The molecule has 1 aromatic rings. The third-order valence-corrected chi connectivity index (χ3v) is 3.43. The SMILES string of the molecule is CNc1ccc(C(=O)N2CCCN(C)CC2)cc1. The molecule has 1 fully saturated rings. The van der Waals surface area contributed by atoms with Crippen LogP contribution in [0.2, 0.25) is 0 Å². The van der Waals surface area contributed by atoms with Crippen LogP contribution in [0.3, 0.4) is 0 Å². The summed E-state index contributed by atoms with van der Waals surface area (Å²) in [5.41, 5.74) is 1.81. The lowest BCUT2D eigenvalue weighted by atomic mass is 10.1. The van der Waals surface area contributed by atoms with E-state index in [4.69, 9.17) is 0 Å². The zero-order valence-corrected chi connectivity index (χ0v) is 11.1. The van der Waals surface area contributed by atoms with E-state index in [0.717, 1.165) is 43.9 Å². The Morgan fingerprint density at radius 3 is 2.50 bits per heavy atom. The predicted octanol–water partition coefficient (Wildman–Crippen LogP) is 1.51. The van der Waals surface area contributed by atoms with Gasteiger partial charge < -0.3 is 15.1 Å². The summed E-state index contributed by atoms with van der Waals surface area (Å²) < 4.78 is 0. The van der Waals surface area contributed by atoms with Gasteiger partial charge in [0.2, 0.25) is 0 Å². The van der Waals surface area contributed by atoms with Crippen LogP contribution < -0.4 is 5.32 Å². The van der Waals surface area contributed by atoms with Crippen molar-refractivity contribution >= 4 is 11.6 Å². The molecule has 0 saturated carbocycles. The maximum absolute atomic E-state index is 12.3. The van der Waals surface area contributed by atoms with E-state index in [0.29, 0.717) is 0 Å². The average molecular weight is 247 g/mol. The molecule has 1 heterocycles. The molecule has 1 aromatic carbocycles. The number of carbonyl (C=O) groups excluding carboxylic acids is 1. The number of nitrogens with one attached hydrogen (secondary N) is 1. The van der Waals surface area contributed by atoms with Crippen molar-refractivity contribution in [3.05, 3.63) is 29.8 Å². The highest BCUT2D eigenvalue weighted by molar-refractivity contribution is 5.94. The van der Waals surface area contributed by atoms with Crippen molar-refractivity contribution in [3.63, 3.8) is 0 Å². The molecule has 0 aliphatic carbocycles. The van der Waals surface area contributed by atoms with Crippen LogP contribution in [-0.4, -0.2) is 56.0 Å². The van der Waals surface area contributed by atoms with Crippen LogP contribution in [-0.2, 0) is 0 Å². The van der Waals surface area contributed by atoms with E-state index < -0.39 is 0 Å². The van der Waals surface area contributed by atoms with Crippen LogP contribution in [0.4, 0.5) is 5.69 Å². The van der Waals surface area contributed by atoms with E-state index in [2.05, 4.69) is 17.3 Å². The summed E-state index contributed by atoms with van der Waals surface area (Å²) in [6.45, 7) is 3.71. The van der Waals surface area contributed by atoms with Gasteiger partial charge >= 0.3 is 0 Å². The molecular formula is C14H21N3O. The zero-order valence-electron chi connectivity index (χ0n) is 11.1. The standard InChI is InChI=1S/C14H21N3O/c1-15-13-6-4-12(5-7-13)14(18)17-9-3-8-16(2)10-11-17/h4-7,15H,3,8-11H2,1-2H3. The lowest BCUT2D eigenvalue weighted by Gasteiger charge is -2.20. The van der Waals surface area contributed by atoms with Gasteiger partial charge in [0.15, 0.2) is 0 Å². The molecule has 0 spiro atoms. The Kier molecular flexibility index (Phi) is 4.20. The summed E-state index contributed by atoms with van der Waals surface area (Å²) in [6, 6.07) is 7.67. The van der Waals surface area contributed by atoms with Gasteiger partial charge in [0.1, 0.15) is 0 Å². The van der Waals surface area contributed by atoms with Crippen molar-refractivity contribution in [1.29, 1.82) is 0 Å². The van der Waals surface area contributed by atoms with Gasteiger partial charge in [0.05, 0.1) is 0 Å². The quantitative estimate of drug-likeness (QED) is 0.860. The molecule has 1 saturated heterocycles. The Morgan fingerprint density at radius 2 is 1.83 bits per heavy atom. The van der Waals surface area contributed by atoms with Gasteiger partial charge in [-0.25, -0.2) is 0 Å². The third kappa shape index (κ3) is 3.01. The smallest absolute Gasteiger partial charge is 0.253 e. The van der Waals surface area contributed by atoms with Crippen LogP contribution in [0.1, 0.15) is 16.8 Å². The second-order valence-corrected chi connectivity index (χ2v) is 4.78. The molecule has 1 amide bonds. The summed E-state index contributed by atoms with van der Waals surface area (Å²) in [5, 5.41) is 3.06. The summed E-state index contributed by atoms with van der Waals surface area (Å²) in [7, 11) is 3.98. The van der Waals surface area contributed by atoms with E-state index in [1.54, 1.807) is 0 Å². The maximum Gasteiger partial charge on any atom is 0.253 e. The maximum atomic E-state index is 12.3. The fourth-order valence-electron chi connectivity index (χ4n) is 2.21. The molecule has 1 aliphatic rings. The van der Waals surface area contributed by atoms with E-state index in [1.165, 1.54) is 0 Å². The molecule has 4 heteroatoms. The molecule has 0 atom stereocenters. The number of likely N-dealkylation sites (N-methyl/N-ethyl adjacent to an activating group) is 1. The lowest BCUT2D eigenvalue weighted by molar-refractivity contribution is 0.0763. The van der Waals surface area contributed by atoms with Crippen LogP contribution in [0.15, 0.2) is 24.3 Å². The summed E-state index contributed by atoms with van der Waals surface area (Å²) in [4.78, 5) is 16.6. The van der Waals surface area contributed by atoms with Crippen LogP contribution in [0.5, 0.6) is 0 Å². The second-order valence-electron chi connectivity index (χ2n) is 4.78. The molecule has 0 unspecified atom stereocenters. The van der Waals surface area contributed by atoms with Gasteiger partial charge in [0, 0.05) is 37.9 Å². The normalized spacial score (nSPS) is 17.3. The molecule has 0 aromatic heterocycles. The number of hydrogen-bond acceptors (Lipinski definition) is 3. The van der Waals surface area contributed by atoms with E-state index >= 15 is 0 Å². The van der Waals surface area contributed by atoms with Crippen molar-refractivity contribution < 1.29 is 4.79 Å². The minimum Gasteiger partial charge on any atom is -0.388 e. The molecule has 1 aliphatic heterocycles. The number of anilines is 1. The number of amides is 1. The first kappa shape index (κ1) is 12.9. The van der Waals surface area contributed by atoms with Gasteiger partial charge in [-0.05, 0) is 44.3 Å². The number of nitrogens with zero attached hydrogens (tertiary/aromatic N) is 2. The molecule has 4 nitrogen and oxygen atoms in total. The monoisotopic (exact) mass is 247 g/mol. The largest absolute Gasteiger partial charge is 0.388 e. The van der Waals surface area contributed by atoms with Gasteiger partial charge in [-0.3, -0.25) is 4.79 Å². The minimum atomic E-state index is 0.146. The fraction of sp³-hybridized carbons (Fsp3) is 0.500. The molecule has 18 heavy (non-hydrogen) atoms. The Morgan fingerprint density at radius 1 is 1.11 bits per heavy atom. The first-order valence-corrected chi connectivity index (χ1v) is 6.46. The Hall–Kier alpha value is -1.55. The number of hydrogen-bond donors (Lipinski definition) is 1. The van der Waals surface area contributed by atoms with Gasteiger partial charge in [-0.15, -0.1) is 0 Å². The highest BCUT2D eigenvalue weighted by Crippen LogP contribution is 2.12. The van der Waals surface area contributed by atoms with Crippen molar-refractivity contribution in [3.8, 4) is 0 Å². The molecule has 98 valence electrons. The zero-order chi connectivity index (χ0) is 13.0. The van der Waals surface area contributed by atoms with Crippen molar-refractivity contribution in [1.82, 2.24) is 9.80 Å². The summed E-state index contributed by atoms with van der Waals surface area (Å²) >= 11 is 0. The van der Waals surface area contributed by atoms with E-state index in [-0.39, 0.29) is 5.91 Å². The number of carbonyl (C=O) groups is 1. The highest BCUT2D eigenvalue weighted by atomic mass is 16.2. The van der Waals surface area contributed by atoms with Crippen molar-refractivity contribution in [2.24, 2.45) is 0 Å². The van der Waals surface area contributed by atoms with Crippen LogP contribution in [0, 0.1) is 0 Å². The van der Waals surface area contributed by atoms with Crippen LogP contribution in [0.25, 0.3) is 0 Å². The first-order chi connectivity index (χ1) is 8.70. The predicted molar refractivity (Wildman–Crippen MR) is 74.0 cm³/mol. The van der Waals surface area contributed by atoms with Crippen molar-refractivity contribution in [2.45, 2.75) is 6.42 Å². The number of benzene rings is 1. The van der Waals surface area contributed by atoms with E-state index in [1.807, 2.05) is 36.2 Å². The molecule has 1 N–H and O–H groups in total. The number of rotatable bonds is 2. The molecule has 0 radical (unpaired) electrons. The lowest BCUT2D eigenvalue weighted by Crippen LogP contribution is -2.34. The Bertz CT molecular complexity index is 402.